The van der Waals surface area contributed by atoms with Gasteiger partial charge in [-0.25, -0.2) is 9.89 Å². The van der Waals surface area contributed by atoms with Gasteiger partial charge in [0.1, 0.15) is 5.82 Å². The molecule has 2 rings (SSSR count). The minimum atomic E-state index is -0.342. The summed E-state index contributed by atoms with van der Waals surface area (Å²) in [7, 11) is 1.86. The zero-order valence-corrected chi connectivity index (χ0v) is 8.90. The molecule has 2 heterocycles. The van der Waals surface area contributed by atoms with E-state index < -0.39 is 0 Å². The Hall–Kier alpha value is -1.56. The number of hydrogen-bond acceptors (Lipinski definition) is 4. The highest BCUT2D eigenvalue weighted by molar-refractivity contribution is 6.18. The van der Waals surface area contributed by atoms with Gasteiger partial charge in [-0.3, -0.25) is 0 Å². The molecule has 0 fully saturated rings. The lowest BCUT2D eigenvalue weighted by atomic mass is 10.4. The topological polar surface area (TPSA) is 66.3 Å². The third kappa shape index (κ3) is 1.80. The molecule has 0 atom stereocenters. The Bertz CT molecular complexity index is 519. The van der Waals surface area contributed by atoms with E-state index in [2.05, 4.69) is 15.3 Å². The van der Waals surface area contributed by atoms with E-state index in [0.29, 0.717) is 23.9 Å². The van der Waals surface area contributed by atoms with E-state index >= 15 is 0 Å². The molecule has 15 heavy (non-hydrogen) atoms. The van der Waals surface area contributed by atoms with Crippen LogP contribution in [0.25, 0.3) is 5.65 Å². The van der Waals surface area contributed by atoms with Crippen LogP contribution in [0.3, 0.4) is 0 Å². The van der Waals surface area contributed by atoms with Crippen molar-refractivity contribution in [3.8, 4) is 0 Å². The monoisotopic (exact) mass is 227 g/mol. The average Bonchev–Trinajstić information content (AvgIpc) is 2.60. The van der Waals surface area contributed by atoms with Crippen LogP contribution in [-0.2, 0) is 0 Å². The molecule has 0 aromatic carbocycles. The van der Waals surface area contributed by atoms with Crippen LogP contribution in [0, 0.1) is 0 Å². The van der Waals surface area contributed by atoms with Crippen molar-refractivity contribution in [1.29, 1.82) is 0 Å². The molecular weight excluding hydrogens is 218 g/mol. The van der Waals surface area contributed by atoms with Gasteiger partial charge in [-0.05, 0) is 12.1 Å². The molecule has 0 radical (unpaired) electrons. The van der Waals surface area contributed by atoms with E-state index in [4.69, 9.17) is 11.6 Å². The molecule has 2 aromatic rings. The van der Waals surface area contributed by atoms with Crippen LogP contribution >= 0.6 is 11.6 Å². The Balaban J connectivity index is 2.45. The smallest absolute Gasteiger partial charge is 0.357 e. The number of nitrogens with zero attached hydrogens (tertiary/aromatic N) is 4. The Labute approximate surface area is 90.5 Å². The highest BCUT2D eigenvalue weighted by Gasteiger charge is 2.05. The number of alkyl halides is 1. The molecule has 0 unspecified atom stereocenters. The van der Waals surface area contributed by atoms with Crippen molar-refractivity contribution < 1.29 is 0 Å². The quantitative estimate of drug-likeness (QED) is 0.755. The zero-order valence-electron chi connectivity index (χ0n) is 8.14. The number of hydrogen-bond donors (Lipinski definition) is 1. The van der Waals surface area contributed by atoms with Crippen molar-refractivity contribution >= 4 is 23.1 Å². The van der Waals surface area contributed by atoms with Gasteiger partial charge in [0.25, 0.3) is 0 Å². The first-order chi connectivity index (χ1) is 7.22. The first-order valence-electron chi connectivity index (χ1n) is 4.44. The molecule has 0 saturated carbocycles. The maximum Gasteiger partial charge on any atom is 0.364 e. The summed E-state index contributed by atoms with van der Waals surface area (Å²) in [6.45, 7) is 0.673. The number of nitrogens with one attached hydrogen (secondary N) is 1. The van der Waals surface area contributed by atoms with Gasteiger partial charge in [-0.1, -0.05) is 0 Å². The van der Waals surface area contributed by atoms with Crippen molar-refractivity contribution in [1.82, 2.24) is 19.8 Å². The SMILES string of the molecule is CN(CCCl)c1ccc2n[nH]c(=O)n2n1. The second kappa shape index (κ2) is 3.90. The van der Waals surface area contributed by atoms with E-state index in [1.165, 1.54) is 4.52 Å². The Kier molecular flexibility index (Phi) is 2.59. The number of H-pyrrole nitrogens is 1. The molecule has 0 aliphatic rings. The summed E-state index contributed by atoms with van der Waals surface area (Å²) < 4.78 is 1.22. The van der Waals surface area contributed by atoms with Crippen LogP contribution in [0.4, 0.5) is 5.82 Å². The Morgan fingerprint density at radius 1 is 1.60 bits per heavy atom. The predicted molar refractivity (Wildman–Crippen MR) is 57.6 cm³/mol. The molecule has 6 nitrogen and oxygen atoms in total. The van der Waals surface area contributed by atoms with E-state index in [9.17, 15) is 4.79 Å². The second-order valence-electron chi connectivity index (χ2n) is 3.10. The summed E-state index contributed by atoms with van der Waals surface area (Å²) in [6, 6.07) is 3.52. The van der Waals surface area contributed by atoms with E-state index in [-0.39, 0.29) is 5.69 Å². The number of anilines is 1. The zero-order chi connectivity index (χ0) is 10.8. The molecule has 80 valence electrons. The maximum absolute atomic E-state index is 11.2. The normalized spacial score (nSPS) is 10.8. The third-order valence-electron chi connectivity index (χ3n) is 2.07. The number of rotatable bonds is 3. The van der Waals surface area contributed by atoms with Gasteiger partial charge in [-0.15, -0.1) is 16.7 Å². The van der Waals surface area contributed by atoms with Gasteiger partial charge in [0.05, 0.1) is 0 Å². The number of fused-ring (bicyclic) bond motifs is 1. The summed E-state index contributed by atoms with van der Waals surface area (Å²) in [4.78, 5) is 13.1. The minimum absolute atomic E-state index is 0.342. The minimum Gasteiger partial charge on any atom is -0.357 e. The van der Waals surface area contributed by atoms with Gasteiger partial charge in [0, 0.05) is 19.5 Å². The summed E-state index contributed by atoms with van der Waals surface area (Å²) >= 11 is 5.62. The van der Waals surface area contributed by atoms with Crippen LogP contribution in [0.15, 0.2) is 16.9 Å². The average molecular weight is 228 g/mol. The highest BCUT2D eigenvalue weighted by Crippen LogP contribution is 2.07. The van der Waals surface area contributed by atoms with Crippen LogP contribution in [-0.4, -0.2) is 39.3 Å². The maximum atomic E-state index is 11.2. The molecule has 0 amide bonds. The predicted octanol–water partition coefficient (Wildman–Crippen LogP) is 0.0926. The number of halogens is 1. The molecule has 0 aliphatic heterocycles. The van der Waals surface area contributed by atoms with Gasteiger partial charge < -0.3 is 4.90 Å². The lowest BCUT2D eigenvalue weighted by Gasteiger charge is -2.15. The number of aromatic amines is 1. The van der Waals surface area contributed by atoms with Crippen molar-refractivity contribution in [3.63, 3.8) is 0 Å². The van der Waals surface area contributed by atoms with E-state index in [1.54, 1.807) is 12.1 Å². The van der Waals surface area contributed by atoms with Crippen molar-refractivity contribution in [2.45, 2.75) is 0 Å². The van der Waals surface area contributed by atoms with Crippen LogP contribution in [0.1, 0.15) is 0 Å². The largest absolute Gasteiger partial charge is 0.364 e. The summed E-state index contributed by atoms with van der Waals surface area (Å²) in [5.41, 5.74) is 0.161. The fraction of sp³-hybridized carbons (Fsp3) is 0.375. The molecule has 0 spiro atoms. The molecule has 1 N–H and O–H groups in total. The summed E-state index contributed by atoms with van der Waals surface area (Å²) in [5, 5.41) is 10.2. The fourth-order valence-electron chi connectivity index (χ4n) is 1.24. The van der Waals surface area contributed by atoms with E-state index in [1.807, 2.05) is 11.9 Å². The summed E-state index contributed by atoms with van der Waals surface area (Å²) in [6.07, 6.45) is 0. The Morgan fingerprint density at radius 2 is 2.40 bits per heavy atom. The standard InChI is InChI=1S/C8H10ClN5O/c1-13(5-4-9)7-3-2-6-10-11-8(15)14(6)12-7/h2-3H,4-5H2,1H3,(H,11,15). The number of aromatic nitrogens is 4. The molecular formula is C8H10ClN5O. The van der Waals surface area contributed by atoms with Gasteiger partial charge in [-0.2, -0.15) is 9.61 Å². The van der Waals surface area contributed by atoms with E-state index in [0.717, 1.165) is 0 Å². The molecule has 7 heteroatoms. The first-order valence-corrected chi connectivity index (χ1v) is 4.97. The van der Waals surface area contributed by atoms with Crippen LogP contribution < -0.4 is 10.6 Å². The second-order valence-corrected chi connectivity index (χ2v) is 3.48. The first kappa shape index (κ1) is 9.97. The van der Waals surface area contributed by atoms with Gasteiger partial charge in [0.2, 0.25) is 0 Å². The fourth-order valence-corrected chi connectivity index (χ4v) is 1.49. The lowest BCUT2D eigenvalue weighted by Crippen LogP contribution is -2.23. The van der Waals surface area contributed by atoms with Crippen LogP contribution in [0.5, 0.6) is 0 Å². The molecule has 0 saturated heterocycles. The van der Waals surface area contributed by atoms with Gasteiger partial charge in [0.15, 0.2) is 5.65 Å². The van der Waals surface area contributed by atoms with Crippen molar-refractivity contribution in [2.24, 2.45) is 0 Å². The summed E-state index contributed by atoms with van der Waals surface area (Å²) in [5.74, 6) is 1.20. The van der Waals surface area contributed by atoms with Crippen LogP contribution in [0.2, 0.25) is 0 Å². The highest BCUT2D eigenvalue weighted by atomic mass is 35.5. The Morgan fingerprint density at radius 3 is 3.13 bits per heavy atom. The van der Waals surface area contributed by atoms with Crippen molar-refractivity contribution in [3.05, 3.63) is 22.6 Å². The third-order valence-corrected chi connectivity index (χ3v) is 2.24. The molecule has 2 aromatic heterocycles. The lowest BCUT2D eigenvalue weighted by molar-refractivity contribution is 0.836. The molecule has 0 aliphatic carbocycles. The van der Waals surface area contributed by atoms with Crippen molar-refractivity contribution in [2.75, 3.05) is 24.4 Å². The van der Waals surface area contributed by atoms with Gasteiger partial charge >= 0.3 is 5.69 Å². The molecule has 0 bridgehead atoms.